The summed E-state index contributed by atoms with van der Waals surface area (Å²) in [6.45, 7) is 9.15. The fourth-order valence-electron chi connectivity index (χ4n) is 5.95. The van der Waals surface area contributed by atoms with Gasteiger partial charge in [0.05, 0.1) is 12.2 Å². The summed E-state index contributed by atoms with van der Waals surface area (Å²) in [7, 11) is 0. The Hall–Kier alpha value is -2.73. The number of rotatable bonds is 3. The van der Waals surface area contributed by atoms with E-state index >= 15 is 0 Å². The Balaban J connectivity index is 1.40. The number of phenols is 1. The van der Waals surface area contributed by atoms with E-state index in [0.29, 0.717) is 13.1 Å². The lowest BCUT2D eigenvalue weighted by Crippen LogP contribution is -2.57. The van der Waals surface area contributed by atoms with Crippen molar-refractivity contribution in [3.8, 4) is 11.5 Å². The third kappa shape index (κ3) is 4.99. The van der Waals surface area contributed by atoms with Crippen LogP contribution in [0.4, 0.5) is 4.79 Å². The van der Waals surface area contributed by atoms with Crippen molar-refractivity contribution in [2.24, 2.45) is 11.8 Å². The Labute approximate surface area is 208 Å². The number of likely N-dealkylation sites (tertiary alicyclic amines) is 1. The van der Waals surface area contributed by atoms with Crippen molar-refractivity contribution in [2.45, 2.75) is 76.8 Å². The van der Waals surface area contributed by atoms with Gasteiger partial charge in [0.2, 0.25) is 0 Å². The third-order valence-electron chi connectivity index (χ3n) is 7.74. The summed E-state index contributed by atoms with van der Waals surface area (Å²) in [5, 5.41) is 10.2. The van der Waals surface area contributed by atoms with Gasteiger partial charge in [-0.3, -0.25) is 0 Å². The summed E-state index contributed by atoms with van der Waals surface area (Å²) in [5.41, 5.74) is 1.28. The average molecular weight is 480 g/mol. The van der Waals surface area contributed by atoms with E-state index in [0.717, 1.165) is 37.0 Å². The van der Waals surface area contributed by atoms with E-state index in [1.54, 1.807) is 12.1 Å². The van der Waals surface area contributed by atoms with Crippen LogP contribution in [-0.2, 0) is 15.9 Å². The van der Waals surface area contributed by atoms with Crippen LogP contribution in [0.3, 0.4) is 0 Å². The predicted octanol–water partition coefficient (Wildman–Crippen LogP) is 5.88. The summed E-state index contributed by atoms with van der Waals surface area (Å²) in [6, 6.07) is 15.8. The van der Waals surface area contributed by atoms with E-state index in [-0.39, 0.29) is 35.9 Å². The Kier molecular flexibility index (Phi) is 6.20. The van der Waals surface area contributed by atoms with Crippen molar-refractivity contribution in [3.05, 3.63) is 59.7 Å². The molecule has 3 heterocycles. The maximum absolute atomic E-state index is 12.8. The highest BCUT2D eigenvalue weighted by molar-refractivity contribution is 5.68. The molecule has 2 aromatic rings. The number of fused-ring (bicyclic) bond motifs is 4. The molecule has 1 N–H and O–H groups in total. The summed E-state index contributed by atoms with van der Waals surface area (Å²) in [6.07, 6.45) is 3.13. The van der Waals surface area contributed by atoms with Crippen molar-refractivity contribution in [1.29, 1.82) is 0 Å². The molecule has 0 radical (unpaired) electrons. The number of carbonyl (C=O) groups is 1. The highest BCUT2D eigenvalue weighted by Crippen LogP contribution is 2.54. The molecule has 1 amide bonds. The first-order chi connectivity index (χ1) is 16.6. The van der Waals surface area contributed by atoms with Gasteiger partial charge in [-0.2, -0.15) is 0 Å². The van der Waals surface area contributed by atoms with Crippen molar-refractivity contribution in [2.75, 3.05) is 13.1 Å². The number of amides is 1. The normalized spacial score (nSPS) is 29.9. The Morgan fingerprint density at radius 2 is 1.97 bits per heavy atom. The molecular weight excluding hydrogens is 442 g/mol. The van der Waals surface area contributed by atoms with E-state index < -0.39 is 11.2 Å². The second kappa shape index (κ2) is 9.05. The fraction of sp³-hybridized carbons (Fsp3) is 0.552. The Bertz CT molecular complexity index is 1060. The van der Waals surface area contributed by atoms with Gasteiger partial charge in [0.1, 0.15) is 22.7 Å². The zero-order valence-corrected chi connectivity index (χ0v) is 21.2. The number of carbonyl (C=O) groups excluding carboxylic acids is 1. The summed E-state index contributed by atoms with van der Waals surface area (Å²) in [4.78, 5) is 14.6. The SMILES string of the molecule is CC(C)(C)OC(=O)N1CC[C@@H]2O[C@@H]3c4cc(O)ccc4O[C@](C)(CCc4ccccc4)[C@H]3C[C@@H]2C1. The minimum atomic E-state index is -0.513. The quantitative estimate of drug-likeness (QED) is 0.595. The van der Waals surface area contributed by atoms with E-state index in [9.17, 15) is 9.90 Å². The molecule has 2 fully saturated rings. The van der Waals surface area contributed by atoms with Crippen LogP contribution in [0.5, 0.6) is 11.5 Å². The van der Waals surface area contributed by atoms with E-state index in [1.165, 1.54) is 5.56 Å². The molecule has 0 bridgehead atoms. The summed E-state index contributed by atoms with van der Waals surface area (Å²) >= 11 is 0. The summed E-state index contributed by atoms with van der Waals surface area (Å²) in [5.74, 6) is 1.35. The summed E-state index contributed by atoms with van der Waals surface area (Å²) < 4.78 is 19.1. The highest BCUT2D eigenvalue weighted by Gasteiger charge is 2.53. The highest BCUT2D eigenvalue weighted by atomic mass is 16.6. The molecule has 5 atom stereocenters. The van der Waals surface area contributed by atoms with Crippen LogP contribution >= 0.6 is 0 Å². The van der Waals surface area contributed by atoms with Gasteiger partial charge in [-0.25, -0.2) is 4.79 Å². The molecule has 3 aliphatic heterocycles. The molecule has 3 aliphatic rings. The first-order valence-corrected chi connectivity index (χ1v) is 12.8. The molecule has 5 rings (SSSR count). The van der Waals surface area contributed by atoms with Gasteiger partial charge in [0.15, 0.2) is 0 Å². The molecule has 0 spiro atoms. The van der Waals surface area contributed by atoms with Gasteiger partial charge in [0.25, 0.3) is 0 Å². The van der Waals surface area contributed by atoms with E-state index in [1.807, 2.05) is 37.8 Å². The van der Waals surface area contributed by atoms with Gasteiger partial charge in [0, 0.05) is 30.5 Å². The maximum Gasteiger partial charge on any atom is 0.410 e. The monoisotopic (exact) mass is 479 g/mol. The number of ether oxygens (including phenoxy) is 3. The van der Waals surface area contributed by atoms with Gasteiger partial charge >= 0.3 is 6.09 Å². The Morgan fingerprint density at radius 3 is 2.71 bits per heavy atom. The zero-order chi connectivity index (χ0) is 24.8. The molecule has 6 heteroatoms. The lowest BCUT2D eigenvalue weighted by atomic mass is 9.68. The van der Waals surface area contributed by atoms with Crippen LogP contribution in [0.25, 0.3) is 0 Å². The first-order valence-electron chi connectivity index (χ1n) is 12.8. The minimum absolute atomic E-state index is 0.0709. The molecule has 35 heavy (non-hydrogen) atoms. The molecule has 2 saturated heterocycles. The predicted molar refractivity (Wildman–Crippen MR) is 134 cm³/mol. The maximum atomic E-state index is 12.8. The standard InChI is InChI=1S/C29H37NO5/c1-28(2,3)35-27(32)30-15-13-24-20(18-30)16-23-26(33-24)22-17-21(31)10-11-25(22)34-29(23,4)14-12-19-8-6-5-7-9-19/h5-11,17,20,23-24,26,31H,12-16,18H2,1-4H3/t20-,23+,24+,26-,29-/m1/s1. The number of aryl methyl sites for hydroxylation is 1. The number of nitrogens with zero attached hydrogens (tertiary/aromatic N) is 1. The van der Waals surface area contributed by atoms with Crippen molar-refractivity contribution in [3.63, 3.8) is 0 Å². The van der Waals surface area contributed by atoms with Crippen LogP contribution in [0.15, 0.2) is 48.5 Å². The van der Waals surface area contributed by atoms with Gasteiger partial charge in [-0.15, -0.1) is 0 Å². The van der Waals surface area contributed by atoms with Gasteiger partial charge < -0.3 is 24.2 Å². The van der Waals surface area contributed by atoms with Crippen LogP contribution in [0.2, 0.25) is 0 Å². The fourth-order valence-corrected chi connectivity index (χ4v) is 5.95. The van der Waals surface area contributed by atoms with E-state index in [4.69, 9.17) is 14.2 Å². The zero-order valence-electron chi connectivity index (χ0n) is 21.2. The molecule has 0 unspecified atom stereocenters. The number of phenolic OH excluding ortho intramolecular Hbond substituents is 1. The van der Waals surface area contributed by atoms with Crippen LogP contribution in [0.1, 0.15) is 64.2 Å². The number of aromatic hydroxyl groups is 1. The molecule has 188 valence electrons. The lowest BCUT2D eigenvalue weighted by Gasteiger charge is -2.54. The second-order valence-corrected chi connectivity index (χ2v) is 11.5. The van der Waals surface area contributed by atoms with Crippen molar-refractivity contribution >= 4 is 6.09 Å². The average Bonchev–Trinajstić information content (AvgIpc) is 2.82. The smallest absolute Gasteiger partial charge is 0.410 e. The first kappa shape index (κ1) is 24.0. The van der Waals surface area contributed by atoms with Crippen LogP contribution in [-0.4, -0.2) is 46.5 Å². The minimum Gasteiger partial charge on any atom is -0.508 e. The van der Waals surface area contributed by atoms with Crippen molar-refractivity contribution < 1.29 is 24.1 Å². The van der Waals surface area contributed by atoms with Gasteiger partial charge in [-0.1, -0.05) is 30.3 Å². The number of hydrogen-bond donors (Lipinski definition) is 1. The third-order valence-corrected chi connectivity index (χ3v) is 7.74. The largest absolute Gasteiger partial charge is 0.508 e. The number of piperidine rings is 1. The number of benzene rings is 2. The Morgan fingerprint density at radius 1 is 1.20 bits per heavy atom. The molecule has 0 aromatic heterocycles. The van der Waals surface area contributed by atoms with Crippen molar-refractivity contribution in [1.82, 2.24) is 4.90 Å². The molecule has 0 saturated carbocycles. The second-order valence-electron chi connectivity index (χ2n) is 11.5. The van der Waals surface area contributed by atoms with E-state index in [2.05, 4.69) is 31.2 Å². The molecular formula is C29H37NO5. The molecule has 6 nitrogen and oxygen atoms in total. The van der Waals surface area contributed by atoms with Gasteiger partial charge in [-0.05, 0) is 77.1 Å². The van der Waals surface area contributed by atoms with Crippen LogP contribution < -0.4 is 4.74 Å². The van der Waals surface area contributed by atoms with Crippen LogP contribution in [0, 0.1) is 11.8 Å². The lowest BCUT2D eigenvalue weighted by molar-refractivity contribution is -0.191. The molecule has 0 aliphatic carbocycles. The molecule has 2 aromatic carbocycles. The number of hydrogen-bond acceptors (Lipinski definition) is 5. The topological polar surface area (TPSA) is 68.2 Å².